The van der Waals surface area contributed by atoms with Gasteiger partial charge in [-0.25, -0.2) is 13.4 Å². The first-order valence-electron chi connectivity index (χ1n) is 8.29. The van der Waals surface area contributed by atoms with Gasteiger partial charge >= 0.3 is 0 Å². The summed E-state index contributed by atoms with van der Waals surface area (Å²) in [5.74, 6) is 1.32. The molecule has 140 valence electrons. The summed E-state index contributed by atoms with van der Waals surface area (Å²) >= 11 is 6.04. The number of benzene rings is 1. The molecule has 1 aromatic carbocycles. The minimum absolute atomic E-state index is 0.0120. The van der Waals surface area contributed by atoms with Crippen LogP contribution < -0.4 is 15.4 Å². The average Bonchev–Trinajstić information content (AvgIpc) is 2.61. The lowest BCUT2D eigenvalue weighted by atomic mass is 10.0. The molecule has 2 N–H and O–H groups in total. The third-order valence-corrected chi connectivity index (χ3v) is 6.50. The number of rotatable bonds is 4. The molecule has 2 aromatic rings. The molecule has 0 aliphatic carbocycles. The molecule has 0 radical (unpaired) electrons. The van der Waals surface area contributed by atoms with Crippen molar-refractivity contribution < 1.29 is 13.2 Å². The summed E-state index contributed by atoms with van der Waals surface area (Å²) in [5.41, 5.74) is 5.97. The Bertz CT molecular complexity index is 920. The topological polar surface area (TPSA) is 98.4 Å². The van der Waals surface area contributed by atoms with Crippen LogP contribution in [0.1, 0.15) is 19.8 Å². The van der Waals surface area contributed by atoms with E-state index >= 15 is 0 Å². The zero-order chi connectivity index (χ0) is 18.9. The molecule has 0 saturated carbocycles. The number of nitrogens with zero attached hydrogens (tertiary/aromatic N) is 3. The van der Waals surface area contributed by atoms with Gasteiger partial charge in [0.25, 0.3) is 0 Å². The number of methoxy groups -OCH3 is 1. The Morgan fingerprint density at radius 2 is 2.15 bits per heavy atom. The summed E-state index contributed by atoms with van der Waals surface area (Å²) < 4.78 is 30.8. The van der Waals surface area contributed by atoms with Gasteiger partial charge in [0.15, 0.2) is 0 Å². The first-order valence-corrected chi connectivity index (χ1v) is 10.1. The van der Waals surface area contributed by atoms with Gasteiger partial charge in [-0.1, -0.05) is 18.5 Å². The second kappa shape index (κ2) is 7.28. The number of nitrogen functional groups attached to an aromatic ring is 1. The predicted molar refractivity (Wildman–Crippen MR) is 101 cm³/mol. The van der Waals surface area contributed by atoms with Gasteiger partial charge in [-0.3, -0.25) is 0 Å². The van der Waals surface area contributed by atoms with E-state index in [-0.39, 0.29) is 20.6 Å². The fourth-order valence-electron chi connectivity index (χ4n) is 3.05. The molecule has 0 spiro atoms. The first kappa shape index (κ1) is 18.7. The zero-order valence-corrected chi connectivity index (χ0v) is 16.2. The summed E-state index contributed by atoms with van der Waals surface area (Å²) in [5, 5.41) is 0.201. The van der Waals surface area contributed by atoms with Crippen molar-refractivity contribution in [2.75, 3.05) is 30.8 Å². The van der Waals surface area contributed by atoms with E-state index in [0.29, 0.717) is 17.6 Å². The molecular formula is C17H21ClN4O3S. The minimum Gasteiger partial charge on any atom is -0.495 e. The van der Waals surface area contributed by atoms with E-state index < -0.39 is 9.84 Å². The molecule has 2 heterocycles. The van der Waals surface area contributed by atoms with Crippen LogP contribution in [0.15, 0.2) is 34.2 Å². The molecule has 0 amide bonds. The largest absolute Gasteiger partial charge is 0.495 e. The van der Waals surface area contributed by atoms with Crippen LogP contribution in [0.5, 0.6) is 5.75 Å². The van der Waals surface area contributed by atoms with Gasteiger partial charge in [0.05, 0.1) is 23.2 Å². The number of anilines is 2. The molecule has 1 fully saturated rings. The van der Waals surface area contributed by atoms with Crippen molar-refractivity contribution in [3.63, 3.8) is 0 Å². The van der Waals surface area contributed by atoms with E-state index in [1.54, 1.807) is 0 Å². The number of sulfone groups is 1. The number of aromatic nitrogens is 2. The summed E-state index contributed by atoms with van der Waals surface area (Å²) in [7, 11) is -2.42. The summed E-state index contributed by atoms with van der Waals surface area (Å²) in [4.78, 5) is 10.4. The van der Waals surface area contributed by atoms with Crippen LogP contribution in [-0.2, 0) is 9.84 Å². The minimum atomic E-state index is -3.88. The molecule has 9 heteroatoms. The molecule has 0 bridgehead atoms. The highest BCUT2D eigenvalue weighted by Crippen LogP contribution is 2.32. The first-order chi connectivity index (χ1) is 12.3. The van der Waals surface area contributed by atoms with Gasteiger partial charge < -0.3 is 15.4 Å². The Hall–Kier alpha value is -2.06. The highest BCUT2D eigenvalue weighted by molar-refractivity contribution is 7.91. The van der Waals surface area contributed by atoms with E-state index in [1.165, 1.54) is 31.5 Å². The van der Waals surface area contributed by atoms with Gasteiger partial charge in [-0.05, 0) is 37.0 Å². The number of ether oxygens (including phenoxy) is 1. The smallest absolute Gasteiger partial charge is 0.227 e. The number of hydrogen-bond acceptors (Lipinski definition) is 7. The monoisotopic (exact) mass is 396 g/mol. The second-order valence-corrected chi connectivity index (χ2v) is 8.74. The van der Waals surface area contributed by atoms with E-state index in [0.717, 1.165) is 25.9 Å². The van der Waals surface area contributed by atoms with Crippen molar-refractivity contribution in [2.24, 2.45) is 5.92 Å². The van der Waals surface area contributed by atoms with Crippen molar-refractivity contribution in [1.29, 1.82) is 0 Å². The maximum Gasteiger partial charge on any atom is 0.227 e. The lowest BCUT2D eigenvalue weighted by Crippen LogP contribution is -2.35. The van der Waals surface area contributed by atoms with Gasteiger partial charge in [0.2, 0.25) is 15.8 Å². The molecule has 1 saturated heterocycles. The average molecular weight is 397 g/mol. The Kier molecular flexibility index (Phi) is 5.24. The highest BCUT2D eigenvalue weighted by atomic mass is 35.5. The summed E-state index contributed by atoms with van der Waals surface area (Å²) in [6.45, 7) is 3.84. The standard InChI is InChI=1S/C17H21ClN4O3S/c1-11-4-3-7-22(10-11)17-20-9-15(16(19)21-17)26(23,24)12-5-6-14(25-2)13(18)8-12/h5-6,8-9,11H,3-4,7,10H2,1-2H3,(H2,19,20,21)/t11-/m0/s1. The van der Waals surface area contributed by atoms with E-state index in [1.807, 2.05) is 4.90 Å². The van der Waals surface area contributed by atoms with Gasteiger partial charge in [-0.15, -0.1) is 0 Å². The summed E-state index contributed by atoms with van der Waals surface area (Å²) in [6, 6.07) is 4.24. The lowest BCUT2D eigenvalue weighted by molar-refractivity contribution is 0.414. The Morgan fingerprint density at radius 1 is 1.38 bits per heavy atom. The maximum absolute atomic E-state index is 12.9. The van der Waals surface area contributed by atoms with Crippen LogP contribution in [0.25, 0.3) is 0 Å². The van der Waals surface area contributed by atoms with Crippen molar-refractivity contribution >= 4 is 33.2 Å². The Morgan fingerprint density at radius 3 is 2.77 bits per heavy atom. The molecule has 0 unspecified atom stereocenters. The number of piperidine rings is 1. The van der Waals surface area contributed by atoms with Crippen LogP contribution in [-0.4, -0.2) is 38.6 Å². The number of nitrogens with two attached hydrogens (primary N) is 1. The van der Waals surface area contributed by atoms with Gasteiger partial charge in [0.1, 0.15) is 16.5 Å². The van der Waals surface area contributed by atoms with Gasteiger partial charge in [-0.2, -0.15) is 4.98 Å². The SMILES string of the molecule is COc1ccc(S(=O)(=O)c2cnc(N3CCC[C@H](C)C3)nc2N)cc1Cl. The summed E-state index contributed by atoms with van der Waals surface area (Å²) in [6.07, 6.45) is 3.48. The molecule has 1 aliphatic heterocycles. The third-order valence-electron chi connectivity index (χ3n) is 4.43. The predicted octanol–water partition coefficient (Wildman–Crippen LogP) is 2.79. The van der Waals surface area contributed by atoms with Gasteiger partial charge in [0, 0.05) is 13.1 Å². The Labute approximate surface area is 158 Å². The lowest BCUT2D eigenvalue weighted by Gasteiger charge is -2.31. The number of halogens is 1. The fourth-order valence-corrected chi connectivity index (χ4v) is 4.65. The number of hydrogen-bond donors (Lipinski definition) is 1. The Balaban J connectivity index is 1.94. The molecular weight excluding hydrogens is 376 g/mol. The van der Waals surface area contributed by atoms with Crippen molar-refractivity contribution in [3.05, 3.63) is 29.4 Å². The normalized spacial score (nSPS) is 18.0. The molecule has 26 heavy (non-hydrogen) atoms. The van der Waals surface area contributed by atoms with Crippen molar-refractivity contribution in [3.8, 4) is 5.75 Å². The van der Waals surface area contributed by atoms with Crippen LogP contribution in [0.2, 0.25) is 5.02 Å². The molecule has 1 aromatic heterocycles. The van der Waals surface area contributed by atoms with Crippen LogP contribution in [0, 0.1) is 5.92 Å². The highest BCUT2D eigenvalue weighted by Gasteiger charge is 2.25. The second-order valence-electron chi connectivity index (χ2n) is 6.41. The van der Waals surface area contributed by atoms with Crippen LogP contribution in [0.3, 0.4) is 0 Å². The molecule has 7 nitrogen and oxygen atoms in total. The van der Waals surface area contributed by atoms with Crippen molar-refractivity contribution in [2.45, 2.75) is 29.6 Å². The van der Waals surface area contributed by atoms with E-state index in [4.69, 9.17) is 22.1 Å². The quantitative estimate of drug-likeness (QED) is 0.848. The van der Waals surface area contributed by atoms with E-state index in [9.17, 15) is 8.42 Å². The zero-order valence-electron chi connectivity index (χ0n) is 14.6. The van der Waals surface area contributed by atoms with E-state index in [2.05, 4.69) is 16.9 Å². The molecule has 1 atom stereocenters. The fraction of sp³-hybridized carbons (Fsp3) is 0.412. The van der Waals surface area contributed by atoms with Crippen molar-refractivity contribution in [1.82, 2.24) is 9.97 Å². The third kappa shape index (κ3) is 3.57. The van der Waals surface area contributed by atoms with Crippen LogP contribution >= 0.6 is 11.6 Å². The molecule has 1 aliphatic rings. The van der Waals surface area contributed by atoms with Crippen LogP contribution in [0.4, 0.5) is 11.8 Å². The molecule has 3 rings (SSSR count). The maximum atomic E-state index is 12.9.